The maximum atomic E-state index is 12.8. The molecule has 4 amide bonds. The minimum atomic E-state index is -0.416. The molecule has 0 aliphatic carbocycles. The molecule has 7 nitrogen and oxygen atoms in total. The normalized spacial score (nSPS) is 13.7. The second-order valence-corrected chi connectivity index (χ2v) is 7.19. The van der Waals surface area contributed by atoms with E-state index in [4.69, 9.17) is 11.6 Å². The Morgan fingerprint density at radius 2 is 2.03 bits per heavy atom. The second kappa shape index (κ2) is 7.52. The van der Waals surface area contributed by atoms with Crippen LogP contribution >= 0.6 is 11.6 Å². The predicted octanol–water partition coefficient (Wildman–Crippen LogP) is 3.50. The molecule has 146 valence electrons. The van der Waals surface area contributed by atoms with Crippen LogP contribution in [0.25, 0.3) is 10.9 Å². The summed E-state index contributed by atoms with van der Waals surface area (Å²) in [6, 6.07) is 13.7. The minimum Gasteiger partial charge on any atom is -0.329 e. The highest BCUT2D eigenvalue weighted by Crippen LogP contribution is 2.22. The van der Waals surface area contributed by atoms with Crippen LogP contribution in [0.5, 0.6) is 0 Å². The van der Waals surface area contributed by atoms with Gasteiger partial charge in [0.15, 0.2) is 0 Å². The van der Waals surface area contributed by atoms with Crippen molar-refractivity contribution in [2.75, 3.05) is 11.9 Å². The highest BCUT2D eigenvalue weighted by molar-refractivity contribution is 6.31. The summed E-state index contributed by atoms with van der Waals surface area (Å²) in [4.78, 5) is 41.9. The van der Waals surface area contributed by atoms with Gasteiger partial charge >= 0.3 is 6.03 Å². The first kappa shape index (κ1) is 18.9. The molecule has 0 radical (unpaired) electrons. The van der Waals surface area contributed by atoms with Gasteiger partial charge in [-0.1, -0.05) is 23.7 Å². The Hall–Kier alpha value is -3.45. The van der Waals surface area contributed by atoms with Crippen molar-refractivity contribution in [1.29, 1.82) is 0 Å². The van der Waals surface area contributed by atoms with Crippen molar-refractivity contribution in [2.24, 2.45) is 0 Å². The number of aromatic nitrogens is 1. The number of fused-ring (bicyclic) bond motifs is 1. The van der Waals surface area contributed by atoms with Crippen molar-refractivity contribution < 1.29 is 14.4 Å². The molecule has 1 saturated heterocycles. The van der Waals surface area contributed by atoms with Crippen LogP contribution in [-0.2, 0) is 11.3 Å². The molecule has 4 rings (SSSR count). The highest BCUT2D eigenvalue weighted by atomic mass is 35.5. The first-order chi connectivity index (χ1) is 13.9. The van der Waals surface area contributed by atoms with Crippen LogP contribution in [0.4, 0.5) is 10.5 Å². The van der Waals surface area contributed by atoms with Gasteiger partial charge in [0.25, 0.3) is 5.91 Å². The van der Waals surface area contributed by atoms with Gasteiger partial charge in [-0.25, -0.2) is 4.79 Å². The lowest BCUT2D eigenvalue weighted by molar-refractivity contribution is -0.125. The molecule has 1 aromatic heterocycles. The summed E-state index contributed by atoms with van der Waals surface area (Å²) < 4.78 is 0. The Morgan fingerprint density at radius 3 is 2.79 bits per heavy atom. The van der Waals surface area contributed by atoms with Crippen molar-refractivity contribution in [1.82, 2.24) is 15.2 Å². The van der Waals surface area contributed by atoms with Gasteiger partial charge in [-0.05, 0) is 48.9 Å². The first-order valence-corrected chi connectivity index (χ1v) is 9.34. The third-order valence-corrected chi connectivity index (χ3v) is 4.91. The number of halogens is 1. The van der Waals surface area contributed by atoms with E-state index in [2.05, 4.69) is 15.6 Å². The number of nitrogens with zero attached hydrogens (tertiary/aromatic N) is 2. The van der Waals surface area contributed by atoms with Crippen LogP contribution in [0.15, 0.2) is 48.5 Å². The fourth-order valence-corrected chi connectivity index (χ4v) is 3.40. The fourth-order valence-electron chi connectivity index (χ4n) is 3.22. The van der Waals surface area contributed by atoms with Gasteiger partial charge in [0, 0.05) is 16.1 Å². The Labute approximate surface area is 171 Å². The van der Waals surface area contributed by atoms with Gasteiger partial charge < -0.3 is 10.6 Å². The van der Waals surface area contributed by atoms with Crippen molar-refractivity contribution in [3.8, 4) is 0 Å². The van der Waals surface area contributed by atoms with Crippen molar-refractivity contribution in [2.45, 2.75) is 13.5 Å². The molecule has 8 heteroatoms. The summed E-state index contributed by atoms with van der Waals surface area (Å²) in [7, 11) is 0. The number of imide groups is 1. The zero-order chi connectivity index (χ0) is 20.5. The number of pyridine rings is 1. The monoisotopic (exact) mass is 408 g/mol. The van der Waals surface area contributed by atoms with Crippen LogP contribution in [0.3, 0.4) is 0 Å². The largest absolute Gasteiger partial charge is 0.329 e. The summed E-state index contributed by atoms with van der Waals surface area (Å²) in [6.07, 6.45) is 0. The van der Waals surface area contributed by atoms with Gasteiger partial charge in [-0.15, -0.1) is 0 Å². The number of hydrogen-bond acceptors (Lipinski definition) is 4. The standard InChI is InChI=1S/C21H17ClN4O3/c1-12-17(9-14-8-15(22)5-6-18(14)24-12)20(28)25-16-4-2-3-13(7-16)11-26-19(27)10-23-21(26)29/h2-9H,10-11H2,1H3,(H,23,29)(H,25,28). The fraction of sp³-hybridized carbons (Fsp3) is 0.143. The zero-order valence-corrected chi connectivity index (χ0v) is 16.3. The van der Waals surface area contributed by atoms with Crippen LogP contribution in [0.2, 0.25) is 5.02 Å². The zero-order valence-electron chi connectivity index (χ0n) is 15.5. The summed E-state index contributed by atoms with van der Waals surface area (Å²) in [5, 5.41) is 6.68. The minimum absolute atomic E-state index is 0.00746. The van der Waals surface area contributed by atoms with E-state index in [1.807, 2.05) is 6.07 Å². The maximum Gasteiger partial charge on any atom is 0.324 e. The van der Waals surface area contributed by atoms with E-state index in [1.54, 1.807) is 49.4 Å². The van der Waals surface area contributed by atoms with Crippen molar-refractivity contribution in [3.63, 3.8) is 0 Å². The highest BCUT2D eigenvalue weighted by Gasteiger charge is 2.28. The number of benzene rings is 2. The number of carbonyl (C=O) groups is 3. The van der Waals surface area contributed by atoms with E-state index in [0.717, 1.165) is 21.4 Å². The average molecular weight is 409 g/mol. The summed E-state index contributed by atoms with van der Waals surface area (Å²) in [5.74, 6) is -0.579. The summed E-state index contributed by atoms with van der Waals surface area (Å²) >= 11 is 6.04. The van der Waals surface area contributed by atoms with E-state index in [1.165, 1.54) is 0 Å². The third kappa shape index (κ3) is 3.90. The Bertz CT molecular complexity index is 1150. The first-order valence-electron chi connectivity index (χ1n) is 8.96. The third-order valence-electron chi connectivity index (χ3n) is 4.67. The lowest BCUT2D eigenvalue weighted by Crippen LogP contribution is -2.30. The van der Waals surface area contributed by atoms with E-state index in [-0.39, 0.29) is 24.9 Å². The molecule has 1 fully saturated rings. The molecule has 2 aromatic carbocycles. The number of nitrogens with one attached hydrogen (secondary N) is 2. The molecule has 0 bridgehead atoms. The number of rotatable bonds is 4. The van der Waals surface area contributed by atoms with Gasteiger partial charge in [0.05, 0.1) is 29.9 Å². The number of anilines is 1. The van der Waals surface area contributed by atoms with Gasteiger partial charge in [-0.3, -0.25) is 19.5 Å². The number of carbonyl (C=O) groups excluding carboxylic acids is 3. The quantitative estimate of drug-likeness (QED) is 0.646. The van der Waals surface area contributed by atoms with Crippen LogP contribution in [0.1, 0.15) is 21.6 Å². The number of amides is 4. The number of aryl methyl sites for hydroxylation is 1. The smallest absolute Gasteiger partial charge is 0.324 e. The molecule has 29 heavy (non-hydrogen) atoms. The summed E-state index contributed by atoms with van der Waals surface area (Å²) in [6.45, 7) is 1.92. The molecule has 0 saturated carbocycles. The van der Waals surface area contributed by atoms with Crippen LogP contribution in [-0.4, -0.2) is 34.3 Å². The van der Waals surface area contributed by atoms with Gasteiger partial charge in [0.2, 0.25) is 5.91 Å². The molecule has 1 aliphatic heterocycles. The topological polar surface area (TPSA) is 91.4 Å². The molecule has 2 N–H and O–H groups in total. The van der Waals surface area contributed by atoms with Crippen molar-refractivity contribution in [3.05, 3.63) is 70.4 Å². The average Bonchev–Trinajstić information content (AvgIpc) is 3.00. The molecular formula is C21H17ClN4O3. The lowest BCUT2D eigenvalue weighted by Gasteiger charge is -2.14. The van der Waals surface area contributed by atoms with E-state index in [9.17, 15) is 14.4 Å². The number of urea groups is 1. The molecule has 0 unspecified atom stereocenters. The molecule has 2 heterocycles. The Balaban J connectivity index is 1.56. The number of hydrogen-bond donors (Lipinski definition) is 2. The second-order valence-electron chi connectivity index (χ2n) is 6.75. The van der Waals surface area contributed by atoms with Crippen LogP contribution < -0.4 is 10.6 Å². The molecule has 3 aromatic rings. The van der Waals surface area contributed by atoms with E-state index >= 15 is 0 Å². The lowest BCUT2D eigenvalue weighted by atomic mass is 10.1. The Kier molecular flexibility index (Phi) is 4.90. The van der Waals surface area contributed by atoms with E-state index < -0.39 is 6.03 Å². The molecule has 0 spiro atoms. The molecular weight excluding hydrogens is 392 g/mol. The van der Waals surface area contributed by atoms with Gasteiger partial charge in [0.1, 0.15) is 0 Å². The van der Waals surface area contributed by atoms with Crippen molar-refractivity contribution >= 4 is 46.0 Å². The predicted molar refractivity (Wildman–Crippen MR) is 110 cm³/mol. The van der Waals surface area contributed by atoms with Crippen LogP contribution in [0, 0.1) is 6.92 Å². The molecule has 1 aliphatic rings. The van der Waals surface area contributed by atoms with E-state index in [0.29, 0.717) is 22.0 Å². The Morgan fingerprint density at radius 1 is 1.21 bits per heavy atom. The summed E-state index contributed by atoms with van der Waals surface area (Å²) in [5.41, 5.74) is 3.10. The van der Waals surface area contributed by atoms with Gasteiger partial charge in [-0.2, -0.15) is 0 Å². The molecule has 0 atom stereocenters. The maximum absolute atomic E-state index is 12.8. The SMILES string of the molecule is Cc1nc2ccc(Cl)cc2cc1C(=O)Nc1cccc(CN2C(=O)CNC2=O)c1.